The Hall–Kier alpha value is -8.21. The van der Waals surface area contributed by atoms with Crippen LogP contribution in [0.25, 0.3) is 111 Å². The Morgan fingerprint density at radius 1 is 0.318 bits per heavy atom. The van der Waals surface area contributed by atoms with Gasteiger partial charge in [0, 0.05) is 53.6 Å². The fourth-order valence-electron chi connectivity index (χ4n) is 8.02. The zero-order valence-electron chi connectivity index (χ0n) is 35.2. The summed E-state index contributed by atoms with van der Waals surface area (Å²) in [7, 11) is 0. The zero-order chi connectivity index (χ0) is 44.8. The zero-order valence-corrected chi connectivity index (χ0v) is 36.0. The van der Waals surface area contributed by atoms with Gasteiger partial charge in [0.1, 0.15) is 0 Å². The summed E-state index contributed by atoms with van der Waals surface area (Å²) in [5.41, 5.74) is 9.22. The van der Waals surface area contributed by atoms with Gasteiger partial charge in [0.25, 0.3) is 0 Å². The number of thiophene rings is 1. The molecule has 0 unspecified atom stereocenters. The summed E-state index contributed by atoms with van der Waals surface area (Å²) >= 11 is 1.75. The Bertz CT molecular complexity index is 3580. The van der Waals surface area contributed by atoms with E-state index in [1.54, 1.807) is 11.3 Å². The number of rotatable bonds is 8. The van der Waals surface area contributed by atoms with Crippen LogP contribution in [-0.4, -0.2) is 29.9 Å². The van der Waals surface area contributed by atoms with Gasteiger partial charge in [0.05, 0.1) is 5.56 Å². The Balaban J connectivity index is 0.952. The molecule has 11 rings (SSSR count). The molecule has 3 aromatic heterocycles. The minimum absolute atomic E-state index is 0.280. The summed E-state index contributed by atoms with van der Waals surface area (Å²) in [6, 6.07) is 62.1. The fourth-order valence-corrected chi connectivity index (χ4v) is 9.09. The van der Waals surface area contributed by atoms with Gasteiger partial charge in [-0.3, -0.25) is 0 Å². The summed E-state index contributed by atoms with van der Waals surface area (Å²) in [5, 5.41) is 2.29. The van der Waals surface area contributed by atoms with Crippen molar-refractivity contribution in [3.05, 3.63) is 205 Å². The van der Waals surface area contributed by atoms with E-state index in [0.29, 0.717) is 34.7 Å². The Kier molecular flexibility index (Phi) is 10.3. The number of hydrogen-bond donors (Lipinski definition) is 0. The minimum atomic E-state index is -4.45. The number of hydrogen-bond acceptors (Lipinski definition) is 7. The van der Waals surface area contributed by atoms with Crippen LogP contribution in [0.15, 0.2) is 194 Å². The molecule has 0 N–H and O–H groups in total. The van der Waals surface area contributed by atoms with Crippen molar-refractivity contribution in [3.63, 3.8) is 0 Å². The molecule has 0 fully saturated rings. The highest BCUT2D eigenvalue weighted by Crippen LogP contribution is 2.40. The normalized spacial score (nSPS) is 11.6. The van der Waals surface area contributed by atoms with Crippen LogP contribution in [0.5, 0.6) is 0 Å². The molecule has 8 aromatic carbocycles. The van der Waals surface area contributed by atoms with E-state index in [0.717, 1.165) is 78.5 Å². The summed E-state index contributed by atoms with van der Waals surface area (Å²) in [6.07, 6.45) is -4.45. The number of fused-ring (bicyclic) bond motifs is 3. The molecule has 0 atom stereocenters. The van der Waals surface area contributed by atoms with Gasteiger partial charge < -0.3 is 0 Å². The smallest absolute Gasteiger partial charge is 0.208 e. The number of halogens is 3. The van der Waals surface area contributed by atoms with Crippen molar-refractivity contribution >= 4 is 31.5 Å². The van der Waals surface area contributed by atoms with Gasteiger partial charge in [-0.25, -0.2) is 29.9 Å². The van der Waals surface area contributed by atoms with E-state index in [2.05, 4.69) is 73.7 Å². The van der Waals surface area contributed by atoms with Gasteiger partial charge >= 0.3 is 6.18 Å². The van der Waals surface area contributed by atoms with E-state index in [9.17, 15) is 13.2 Å². The molecule has 0 aliphatic heterocycles. The molecule has 6 nitrogen and oxygen atoms in total. The lowest BCUT2D eigenvalue weighted by Crippen LogP contribution is -2.05. The molecule has 0 spiro atoms. The first kappa shape index (κ1) is 40.6. The van der Waals surface area contributed by atoms with E-state index < -0.39 is 11.7 Å². The molecule has 66 heavy (non-hydrogen) atoms. The van der Waals surface area contributed by atoms with E-state index in [1.165, 1.54) is 21.5 Å². The van der Waals surface area contributed by atoms with Crippen molar-refractivity contribution in [1.29, 1.82) is 0 Å². The lowest BCUT2D eigenvalue weighted by Gasteiger charge is -2.11. The van der Waals surface area contributed by atoms with Crippen LogP contribution < -0.4 is 0 Å². The first-order chi connectivity index (χ1) is 32.2. The van der Waals surface area contributed by atoms with E-state index in [-0.39, 0.29) is 5.82 Å². The third-order valence-electron chi connectivity index (χ3n) is 11.5. The highest BCUT2D eigenvalue weighted by atomic mass is 32.1. The molecule has 10 heteroatoms. The standard InChI is InChI=1S/C56H35F3N6S/c1-34-18-20-37(21-19-34)52-60-50(35-10-4-2-5-11-35)62-54(64-52)43-16-8-14-39(30-43)41-24-28-48-46(32-41)47-33-42(25-29-49(47)66-48)40-15-9-17-44(31-40)55-63-51(36-12-6-3-7-13-36)61-53(65-55)38-22-26-45(27-23-38)56(57,58)59/h2-33H,1H3. The van der Waals surface area contributed by atoms with Crippen LogP contribution in [0.3, 0.4) is 0 Å². The number of benzene rings is 8. The molecular weight excluding hydrogens is 846 g/mol. The third-order valence-corrected chi connectivity index (χ3v) is 12.6. The molecule has 11 aromatic rings. The van der Waals surface area contributed by atoms with Gasteiger partial charge in [-0.15, -0.1) is 11.3 Å². The Morgan fingerprint density at radius 2 is 0.636 bits per heavy atom. The maximum Gasteiger partial charge on any atom is 0.416 e. The molecule has 3 heterocycles. The second kappa shape index (κ2) is 16.7. The first-order valence-electron chi connectivity index (χ1n) is 21.2. The SMILES string of the molecule is Cc1ccc(-c2nc(-c3ccccc3)nc(-c3cccc(-c4ccc5sc6ccc(-c7cccc(-c8nc(-c9ccccc9)nc(-c9ccc(C(F)(F)F)cc9)n8)c7)cc6c5c4)c3)n2)cc1. The number of nitrogens with zero attached hydrogens (tertiary/aromatic N) is 6. The lowest BCUT2D eigenvalue weighted by molar-refractivity contribution is -0.137. The van der Waals surface area contributed by atoms with Gasteiger partial charge in [0.15, 0.2) is 34.9 Å². The third kappa shape index (κ3) is 8.10. The van der Waals surface area contributed by atoms with Crippen molar-refractivity contribution in [2.45, 2.75) is 13.1 Å². The van der Waals surface area contributed by atoms with Crippen LogP contribution in [0.2, 0.25) is 0 Å². The molecule has 316 valence electrons. The lowest BCUT2D eigenvalue weighted by atomic mass is 9.98. The number of alkyl halides is 3. The van der Waals surface area contributed by atoms with Crippen molar-refractivity contribution in [1.82, 2.24) is 29.9 Å². The predicted octanol–water partition coefficient (Wildman–Crippen LogP) is 15.1. The van der Waals surface area contributed by atoms with Crippen molar-refractivity contribution < 1.29 is 13.2 Å². The minimum Gasteiger partial charge on any atom is -0.208 e. The molecule has 0 saturated heterocycles. The highest BCUT2D eigenvalue weighted by molar-refractivity contribution is 7.25. The quantitative estimate of drug-likeness (QED) is 0.151. The van der Waals surface area contributed by atoms with E-state index in [1.807, 2.05) is 103 Å². The van der Waals surface area contributed by atoms with Gasteiger partial charge in [-0.05, 0) is 77.7 Å². The van der Waals surface area contributed by atoms with Crippen LogP contribution in [0, 0.1) is 6.92 Å². The van der Waals surface area contributed by atoms with Crippen molar-refractivity contribution in [2.75, 3.05) is 0 Å². The van der Waals surface area contributed by atoms with Crippen molar-refractivity contribution in [2.24, 2.45) is 0 Å². The first-order valence-corrected chi connectivity index (χ1v) is 22.1. The molecule has 0 radical (unpaired) electrons. The summed E-state index contributed by atoms with van der Waals surface area (Å²) in [4.78, 5) is 29.2. The van der Waals surface area contributed by atoms with Crippen LogP contribution in [0.1, 0.15) is 11.1 Å². The summed E-state index contributed by atoms with van der Waals surface area (Å²) in [6.45, 7) is 2.06. The van der Waals surface area contributed by atoms with Crippen LogP contribution in [0.4, 0.5) is 13.2 Å². The van der Waals surface area contributed by atoms with Gasteiger partial charge in [-0.1, -0.05) is 151 Å². The summed E-state index contributed by atoms with van der Waals surface area (Å²) < 4.78 is 42.7. The molecular formula is C56H35F3N6S. The Labute approximate surface area is 381 Å². The maximum absolute atomic E-state index is 13.4. The molecule has 0 saturated carbocycles. The predicted molar refractivity (Wildman–Crippen MR) is 259 cm³/mol. The highest BCUT2D eigenvalue weighted by Gasteiger charge is 2.30. The molecule has 0 aliphatic rings. The average molecular weight is 881 g/mol. The van der Waals surface area contributed by atoms with Gasteiger partial charge in [0.2, 0.25) is 0 Å². The van der Waals surface area contributed by atoms with E-state index >= 15 is 0 Å². The van der Waals surface area contributed by atoms with Crippen LogP contribution >= 0.6 is 11.3 Å². The second-order valence-electron chi connectivity index (χ2n) is 16.0. The van der Waals surface area contributed by atoms with Crippen LogP contribution in [-0.2, 0) is 6.18 Å². The number of aromatic nitrogens is 6. The number of aryl methyl sites for hydroxylation is 1. The second-order valence-corrected chi connectivity index (χ2v) is 17.1. The monoisotopic (exact) mass is 880 g/mol. The Morgan fingerprint density at radius 3 is 1.05 bits per heavy atom. The molecule has 0 amide bonds. The molecule has 0 aliphatic carbocycles. The topological polar surface area (TPSA) is 77.3 Å². The summed E-state index contributed by atoms with van der Waals surface area (Å²) in [5.74, 6) is 2.94. The van der Waals surface area contributed by atoms with Gasteiger partial charge in [-0.2, -0.15) is 13.2 Å². The van der Waals surface area contributed by atoms with E-state index in [4.69, 9.17) is 29.9 Å². The van der Waals surface area contributed by atoms with Crippen molar-refractivity contribution in [3.8, 4) is 90.6 Å². The maximum atomic E-state index is 13.4. The average Bonchev–Trinajstić information content (AvgIpc) is 3.74. The largest absolute Gasteiger partial charge is 0.416 e. The molecule has 0 bridgehead atoms. The fraction of sp³-hybridized carbons (Fsp3) is 0.0357.